The van der Waals surface area contributed by atoms with Crippen LogP contribution >= 0.6 is 0 Å². The first-order valence-electron chi connectivity index (χ1n) is 7.96. The number of rotatable bonds is 4. The fourth-order valence-corrected chi connectivity index (χ4v) is 2.99. The van der Waals surface area contributed by atoms with Gasteiger partial charge in [0.15, 0.2) is 0 Å². The number of nitrogens with zero attached hydrogens (tertiary/aromatic N) is 3. The summed E-state index contributed by atoms with van der Waals surface area (Å²) in [5.74, 6) is 0.991. The number of hydrogen-bond donors (Lipinski definition) is 1. The van der Waals surface area contributed by atoms with E-state index in [0.29, 0.717) is 13.2 Å². The number of anilines is 1. The lowest BCUT2D eigenvalue weighted by Crippen LogP contribution is -2.47. The van der Waals surface area contributed by atoms with Gasteiger partial charge in [-0.3, -0.25) is 9.89 Å². The van der Waals surface area contributed by atoms with Gasteiger partial charge in [-0.2, -0.15) is 0 Å². The maximum Gasteiger partial charge on any atom is 0.137 e. The zero-order chi connectivity index (χ0) is 16.2. The van der Waals surface area contributed by atoms with Gasteiger partial charge < -0.3 is 10.0 Å². The van der Waals surface area contributed by atoms with Crippen molar-refractivity contribution in [2.45, 2.75) is 13.8 Å². The largest absolute Gasteiger partial charge is 0.395 e. The second kappa shape index (κ2) is 6.94. The fraction of sp³-hybridized carbons (Fsp3) is 0.316. The van der Waals surface area contributed by atoms with E-state index >= 15 is 0 Å². The molecule has 4 nitrogen and oxygen atoms in total. The molecule has 0 saturated heterocycles. The number of hydrogen-bond acceptors (Lipinski definition) is 4. The van der Waals surface area contributed by atoms with Crippen LogP contribution in [0.1, 0.15) is 16.7 Å². The molecule has 4 heteroatoms. The Morgan fingerprint density at radius 3 is 2.39 bits per heavy atom. The van der Waals surface area contributed by atoms with Crippen LogP contribution in [0.4, 0.5) is 5.69 Å². The first-order chi connectivity index (χ1) is 11.2. The van der Waals surface area contributed by atoms with E-state index in [2.05, 4.69) is 54.0 Å². The summed E-state index contributed by atoms with van der Waals surface area (Å²) >= 11 is 0. The molecule has 0 fully saturated rings. The SMILES string of the molecule is Cc1cc(C)cc(N2CN(CCO)CN=C2c2ccccc2)c1. The van der Waals surface area contributed by atoms with Gasteiger partial charge in [0.05, 0.1) is 19.9 Å². The highest BCUT2D eigenvalue weighted by molar-refractivity contribution is 6.10. The van der Waals surface area contributed by atoms with Crippen molar-refractivity contribution in [1.82, 2.24) is 4.90 Å². The highest BCUT2D eigenvalue weighted by atomic mass is 16.3. The topological polar surface area (TPSA) is 39.1 Å². The van der Waals surface area contributed by atoms with Crippen molar-refractivity contribution in [1.29, 1.82) is 0 Å². The molecule has 0 aromatic heterocycles. The number of amidine groups is 1. The second-order valence-electron chi connectivity index (χ2n) is 6.02. The van der Waals surface area contributed by atoms with Gasteiger partial charge >= 0.3 is 0 Å². The van der Waals surface area contributed by atoms with Crippen LogP contribution in [0, 0.1) is 13.8 Å². The van der Waals surface area contributed by atoms with Crippen LogP contribution in [-0.4, -0.2) is 42.3 Å². The maximum atomic E-state index is 9.24. The van der Waals surface area contributed by atoms with E-state index in [0.717, 1.165) is 23.8 Å². The highest BCUT2D eigenvalue weighted by Crippen LogP contribution is 2.24. The number of aliphatic hydroxyl groups is 1. The standard InChI is InChI=1S/C19H23N3O/c1-15-10-16(2)12-18(11-15)22-14-21(8-9-23)13-20-19(22)17-6-4-3-5-7-17/h3-7,10-12,23H,8-9,13-14H2,1-2H3. The predicted octanol–water partition coefficient (Wildman–Crippen LogP) is 2.78. The van der Waals surface area contributed by atoms with Gasteiger partial charge in [-0.05, 0) is 37.1 Å². The minimum absolute atomic E-state index is 0.150. The lowest BCUT2D eigenvalue weighted by molar-refractivity contribution is 0.199. The van der Waals surface area contributed by atoms with Crippen molar-refractivity contribution in [2.75, 3.05) is 31.4 Å². The zero-order valence-corrected chi connectivity index (χ0v) is 13.7. The summed E-state index contributed by atoms with van der Waals surface area (Å²) in [7, 11) is 0. The third kappa shape index (κ3) is 3.60. The van der Waals surface area contributed by atoms with Gasteiger partial charge in [-0.15, -0.1) is 0 Å². The lowest BCUT2D eigenvalue weighted by atomic mass is 10.1. The number of aliphatic imine (C=N–C) groups is 1. The molecule has 2 aromatic carbocycles. The summed E-state index contributed by atoms with van der Waals surface area (Å²) in [4.78, 5) is 9.15. The molecule has 1 aliphatic heterocycles. The number of aryl methyl sites for hydroxylation is 2. The van der Waals surface area contributed by atoms with Crippen molar-refractivity contribution in [3.63, 3.8) is 0 Å². The monoisotopic (exact) mass is 309 g/mol. The molecular formula is C19H23N3O. The third-order valence-corrected chi connectivity index (χ3v) is 3.98. The minimum atomic E-state index is 0.150. The van der Waals surface area contributed by atoms with E-state index in [1.807, 2.05) is 18.2 Å². The van der Waals surface area contributed by atoms with Crippen LogP contribution in [0.2, 0.25) is 0 Å². The Hall–Kier alpha value is -2.17. The van der Waals surface area contributed by atoms with Crippen molar-refractivity contribution in [3.8, 4) is 0 Å². The average Bonchev–Trinajstić information content (AvgIpc) is 2.55. The van der Waals surface area contributed by atoms with Gasteiger partial charge in [0.1, 0.15) is 5.84 Å². The van der Waals surface area contributed by atoms with Gasteiger partial charge in [-0.1, -0.05) is 36.4 Å². The fourth-order valence-electron chi connectivity index (χ4n) is 2.99. The molecular weight excluding hydrogens is 286 g/mol. The van der Waals surface area contributed by atoms with Crippen molar-refractivity contribution in [2.24, 2.45) is 4.99 Å². The lowest BCUT2D eigenvalue weighted by Gasteiger charge is -2.36. The molecule has 2 aromatic rings. The van der Waals surface area contributed by atoms with Gasteiger partial charge in [-0.25, -0.2) is 0 Å². The van der Waals surface area contributed by atoms with E-state index in [4.69, 9.17) is 4.99 Å². The Labute approximate surface area is 137 Å². The molecule has 1 N–H and O–H groups in total. The Morgan fingerprint density at radius 2 is 1.74 bits per heavy atom. The zero-order valence-electron chi connectivity index (χ0n) is 13.7. The summed E-state index contributed by atoms with van der Waals surface area (Å²) in [6, 6.07) is 16.8. The molecule has 0 spiro atoms. The van der Waals surface area contributed by atoms with Crippen LogP contribution in [0.3, 0.4) is 0 Å². The number of aliphatic hydroxyl groups excluding tert-OH is 1. The molecule has 0 saturated carbocycles. The Bertz CT molecular complexity index is 677. The molecule has 0 unspecified atom stereocenters. The molecule has 0 amide bonds. The Kier molecular flexibility index (Phi) is 4.74. The average molecular weight is 309 g/mol. The highest BCUT2D eigenvalue weighted by Gasteiger charge is 2.23. The molecule has 3 rings (SSSR count). The molecule has 120 valence electrons. The smallest absolute Gasteiger partial charge is 0.137 e. The summed E-state index contributed by atoms with van der Waals surface area (Å²) in [6.07, 6.45) is 0. The molecule has 0 aliphatic carbocycles. The van der Waals surface area contributed by atoms with E-state index in [1.54, 1.807) is 0 Å². The first-order valence-corrected chi connectivity index (χ1v) is 7.96. The first kappa shape index (κ1) is 15.7. The molecule has 23 heavy (non-hydrogen) atoms. The maximum absolute atomic E-state index is 9.24. The van der Waals surface area contributed by atoms with Crippen molar-refractivity contribution >= 4 is 11.5 Å². The van der Waals surface area contributed by atoms with Crippen LogP contribution in [-0.2, 0) is 0 Å². The molecule has 0 radical (unpaired) electrons. The number of benzene rings is 2. The Morgan fingerprint density at radius 1 is 1.04 bits per heavy atom. The van der Waals surface area contributed by atoms with Gasteiger partial charge in [0.25, 0.3) is 0 Å². The summed E-state index contributed by atoms with van der Waals surface area (Å²) in [6.45, 7) is 6.36. The van der Waals surface area contributed by atoms with E-state index < -0.39 is 0 Å². The van der Waals surface area contributed by atoms with Crippen molar-refractivity contribution in [3.05, 3.63) is 65.2 Å². The molecule has 0 atom stereocenters. The van der Waals surface area contributed by atoms with Crippen molar-refractivity contribution < 1.29 is 5.11 Å². The van der Waals surface area contributed by atoms with Crippen LogP contribution in [0.5, 0.6) is 0 Å². The summed E-state index contributed by atoms with van der Waals surface area (Å²) < 4.78 is 0. The summed E-state index contributed by atoms with van der Waals surface area (Å²) in [5, 5.41) is 9.24. The van der Waals surface area contributed by atoms with E-state index in [1.165, 1.54) is 11.1 Å². The van der Waals surface area contributed by atoms with Crippen LogP contribution in [0.25, 0.3) is 0 Å². The quantitative estimate of drug-likeness (QED) is 0.944. The van der Waals surface area contributed by atoms with Gasteiger partial charge in [0.2, 0.25) is 0 Å². The molecule has 1 aliphatic rings. The molecule has 0 bridgehead atoms. The minimum Gasteiger partial charge on any atom is -0.395 e. The van der Waals surface area contributed by atoms with E-state index in [9.17, 15) is 5.11 Å². The Balaban J connectivity index is 2.01. The van der Waals surface area contributed by atoms with Gasteiger partial charge in [0, 0.05) is 17.8 Å². The van der Waals surface area contributed by atoms with Crippen LogP contribution < -0.4 is 4.90 Å². The predicted molar refractivity (Wildman–Crippen MR) is 94.9 cm³/mol. The summed E-state index contributed by atoms with van der Waals surface area (Å²) in [5.41, 5.74) is 4.75. The number of β-amino-alcohol motifs (C(OH)–C–C–N with tert-alkyl or cyclic N) is 1. The molecule has 1 heterocycles. The second-order valence-corrected chi connectivity index (χ2v) is 6.02. The van der Waals surface area contributed by atoms with Crippen LogP contribution in [0.15, 0.2) is 53.5 Å². The normalized spacial score (nSPS) is 15.6. The third-order valence-electron chi connectivity index (χ3n) is 3.98. The van der Waals surface area contributed by atoms with E-state index in [-0.39, 0.29) is 6.61 Å².